The Labute approximate surface area is 174 Å². The predicted octanol–water partition coefficient (Wildman–Crippen LogP) is 3.25. The number of rotatable bonds is 3. The van der Waals surface area contributed by atoms with Crippen LogP contribution >= 0.6 is 0 Å². The third kappa shape index (κ3) is 3.88. The molecule has 0 spiro atoms. The molecule has 0 aromatic carbocycles. The van der Waals surface area contributed by atoms with E-state index >= 15 is 0 Å². The zero-order valence-corrected chi connectivity index (χ0v) is 17.3. The van der Waals surface area contributed by atoms with Gasteiger partial charge in [-0.05, 0) is 39.7 Å². The fraction of sp³-hybridized carbons (Fsp3) is 0.381. The molecule has 30 heavy (non-hydrogen) atoms. The molecule has 9 nitrogen and oxygen atoms in total. The molecule has 0 radical (unpaired) electrons. The van der Waals surface area contributed by atoms with Crippen LogP contribution < -0.4 is 5.73 Å². The molecule has 4 aromatic rings. The molecule has 4 heterocycles. The molecule has 1 saturated carbocycles. The Balaban J connectivity index is 0.000000147. The van der Waals surface area contributed by atoms with Crippen molar-refractivity contribution in [2.45, 2.75) is 51.6 Å². The van der Waals surface area contributed by atoms with Crippen LogP contribution in [-0.4, -0.2) is 34.7 Å². The van der Waals surface area contributed by atoms with Gasteiger partial charge in [-0.15, -0.1) is 0 Å². The van der Waals surface area contributed by atoms with Crippen LogP contribution in [0.1, 0.15) is 55.8 Å². The van der Waals surface area contributed by atoms with Crippen molar-refractivity contribution in [1.82, 2.24) is 29.5 Å². The van der Waals surface area contributed by atoms with Crippen LogP contribution in [0.15, 0.2) is 41.5 Å². The van der Waals surface area contributed by atoms with E-state index in [0.717, 1.165) is 11.1 Å². The second-order valence-corrected chi connectivity index (χ2v) is 7.93. The zero-order valence-electron chi connectivity index (χ0n) is 17.3. The van der Waals surface area contributed by atoms with E-state index in [1.54, 1.807) is 26.2 Å². The third-order valence-electron chi connectivity index (χ3n) is 5.33. The second-order valence-electron chi connectivity index (χ2n) is 7.93. The number of oxazole rings is 1. The van der Waals surface area contributed by atoms with Crippen molar-refractivity contribution in [1.29, 1.82) is 0 Å². The molecule has 0 aliphatic heterocycles. The molecule has 1 fully saturated rings. The number of hydrogen-bond acceptors (Lipinski definition) is 8. The maximum Gasteiger partial charge on any atom is 0.245 e. The normalized spacial score (nSPS) is 14.3. The molecule has 1 aliphatic carbocycles. The van der Waals surface area contributed by atoms with Crippen molar-refractivity contribution in [3.05, 3.63) is 53.9 Å². The Bertz CT molecular complexity index is 1120. The molecular weight excluding hydrogens is 382 g/mol. The summed E-state index contributed by atoms with van der Waals surface area (Å²) in [7, 11) is 0. The van der Waals surface area contributed by atoms with Gasteiger partial charge >= 0.3 is 0 Å². The molecule has 4 aromatic heterocycles. The van der Waals surface area contributed by atoms with Crippen LogP contribution in [0.2, 0.25) is 0 Å². The highest BCUT2D eigenvalue weighted by molar-refractivity contribution is 5.65. The minimum Gasteiger partial charge on any atom is -0.443 e. The molecule has 0 unspecified atom stereocenters. The molecule has 1 aliphatic rings. The minimum absolute atomic E-state index is 0.256. The fourth-order valence-electron chi connectivity index (χ4n) is 3.28. The standard InChI is InChI=1S/C12H17NO.C9H8N6O/c1-12(2,14)10-6-7-11(13-8-10)9-4-3-5-9;1-5-6(8-11-2-3-16-8)14-9(10)15-7(5)12-4-13-15/h6-9,14H,3-5H2,1-2H3;2-4H,1H3,(H2,10,14). The van der Waals surface area contributed by atoms with E-state index < -0.39 is 5.60 Å². The Morgan fingerprint density at radius 1 is 1.20 bits per heavy atom. The topological polar surface area (TPSA) is 128 Å². The van der Waals surface area contributed by atoms with Crippen LogP contribution in [0.4, 0.5) is 5.95 Å². The predicted molar refractivity (Wildman–Crippen MR) is 112 cm³/mol. The number of aliphatic hydroxyl groups is 1. The lowest BCUT2D eigenvalue weighted by Crippen LogP contribution is -2.17. The van der Waals surface area contributed by atoms with E-state index in [1.807, 2.05) is 13.0 Å². The molecule has 156 valence electrons. The number of fused-ring (bicyclic) bond motifs is 1. The zero-order chi connectivity index (χ0) is 21.3. The first-order valence-electron chi connectivity index (χ1n) is 9.89. The van der Waals surface area contributed by atoms with Crippen molar-refractivity contribution in [2.24, 2.45) is 0 Å². The van der Waals surface area contributed by atoms with Crippen LogP contribution in [0, 0.1) is 6.92 Å². The lowest BCUT2D eigenvalue weighted by Gasteiger charge is -2.25. The van der Waals surface area contributed by atoms with Gasteiger partial charge in [-0.3, -0.25) is 4.98 Å². The first-order chi connectivity index (χ1) is 14.3. The van der Waals surface area contributed by atoms with E-state index in [0.29, 0.717) is 23.1 Å². The maximum absolute atomic E-state index is 9.75. The Kier molecular flexibility index (Phi) is 5.21. The van der Waals surface area contributed by atoms with Crippen molar-refractivity contribution < 1.29 is 9.52 Å². The first kappa shape index (κ1) is 20.0. The SMILES string of the molecule is CC(C)(O)c1ccc(C2CCC2)nc1.Cc1c(-c2ncco2)nc(N)n2ncnc12. The number of aryl methyl sites for hydroxylation is 1. The van der Waals surface area contributed by atoms with Crippen molar-refractivity contribution in [3.63, 3.8) is 0 Å². The number of nitrogens with zero attached hydrogens (tertiary/aromatic N) is 6. The van der Waals surface area contributed by atoms with Crippen molar-refractivity contribution >= 4 is 11.6 Å². The van der Waals surface area contributed by atoms with Crippen molar-refractivity contribution in [2.75, 3.05) is 5.73 Å². The molecule has 0 atom stereocenters. The summed E-state index contributed by atoms with van der Waals surface area (Å²) in [5.74, 6) is 1.35. The Hall–Kier alpha value is -3.33. The van der Waals surface area contributed by atoms with Crippen LogP contribution in [0.25, 0.3) is 17.2 Å². The van der Waals surface area contributed by atoms with Gasteiger partial charge in [0.05, 0.1) is 11.8 Å². The van der Waals surface area contributed by atoms with E-state index in [1.165, 1.54) is 42.1 Å². The van der Waals surface area contributed by atoms with E-state index in [9.17, 15) is 5.11 Å². The Morgan fingerprint density at radius 2 is 2.00 bits per heavy atom. The fourth-order valence-corrected chi connectivity index (χ4v) is 3.28. The lowest BCUT2D eigenvalue weighted by molar-refractivity contribution is 0.0781. The average molecular weight is 407 g/mol. The van der Waals surface area contributed by atoms with Crippen LogP contribution in [-0.2, 0) is 5.60 Å². The number of anilines is 1. The van der Waals surface area contributed by atoms with Gasteiger partial charge < -0.3 is 15.3 Å². The Morgan fingerprint density at radius 3 is 2.57 bits per heavy atom. The monoisotopic (exact) mass is 407 g/mol. The van der Waals surface area contributed by atoms with Crippen molar-refractivity contribution in [3.8, 4) is 11.6 Å². The van der Waals surface area contributed by atoms with Gasteiger partial charge in [0, 0.05) is 28.9 Å². The summed E-state index contributed by atoms with van der Waals surface area (Å²) >= 11 is 0. The number of hydrogen-bond donors (Lipinski definition) is 2. The molecule has 9 heteroatoms. The summed E-state index contributed by atoms with van der Waals surface area (Å²) in [6.07, 6.45) is 10.2. The highest BCUT2D eigenvalue weighted by Gasteiger charge is 2.22. The maximum atomic E-state index is 9.75. The molecule has 0 amide bonds. The number of aromatic nitrogens is 6. The van der Waals surface area contributed by atoms with Gasteiger partial charge in [0.25, 0.3) is 0 Å². The second kappa shape index (κ2) is 7.83. The third-order valence-corrected chi connectivity index (χ3v) is 5.33. The highest BCUT2D eigenvalue weighted by atomic mass is 16.3. The molecule has 5 rings (SSSR count). The lowest BCUT2D eigenvalue weighted by atomic mass is 9.82. The highest BCUT2D eigenvalue weighted by Crippen LogP contribution is 2.35. The van der Waals surface area contributed by atoms with E-state index in [2.05, 4.69) is 31.1 Å². The molecule has 0 bridgehead atoms. The quantitative estimate of drug-likeness (QED) is 0.529. The first-order valence-corrected chi connectivity index (χ1v) is 9.89. The van der Waals surface area contributed by atoms with Gasteiger partial charge in [-0.25, -0.2) is 15.0 Å². The summed E-state index contributed by atoms with van der Waals surface area (Å²) < 4.78 is 6.67. The summed E-state index contributed by atoms with van der Waals surface area (Å²) in [4.78, 5) is 16.8. The average Bonchev–Trinajstić information content (AvgIpc) is 3.35. The smallest absolute Gasteiger partial charge is 0.245 e. The van der Waals surface area contributed by atoms with Gasteiger partial charge in [-0.1, -0.05) is 12.5 Å². The van der Waals surface area contributed by atoms with E-state index in [-0.39, 0.29) is 5.95 Å². The van der Waals surface area contributed by atoms with Crippen LogP contribution in [0.3, 0.4) is 0 Å². The van der Waals surface area contributed by atoms with Gasteiger partial charge in [-0.2, -0.15) is 9.61 Å². The summed E-state index contributed by atoms with van der Waals surface area (Å²) in [6.45, 7) is 5.44. The molecular formula is C21H25N7O2. The summed E-state index contributed by atoms with van der Waals surface area (Å²) in [5.41, 5.74) is 9.13. The number of nitrogen functional groups attached to an aromatic ring is 1. The van der Waals surface area contributed by atoms with Gasteiger partial charge in [0.1, 0.15) is 18.3 Å². The minimum atomic E-state index is -0.773. The van der Waals surface area contributed by atoms with E-state index in [4.69, 9.17) is 10.2 Å². The van der Waals surface area contributed by atoms with Gasteiger partial charge in [0.2, 0.25) is 11.8 Å². The largest absolute Gasteiger partial charge is 0.443 e. The van der Waals surface area contributed by atoms with Gasteiger partial charge in [0.15, 0.2) is 5.65 Å². The summed E-state index contributed by atoms with van der Waals surface area (Å²) in [5, 5.41) is 13.7. The number of nitrogens with two attached hydrogens (primary N) is 1. The number of pyridine rings is 1. The van der Waals surface area contributed by atoms with Crippen LogP contribution in [0.5, 0.6) is 0 Å². The molecule has 0 saturated heterocycles. The summed E-state index contributed by atoms with van der Waals surface area (Å²) in [6, 6.07) is 4.04. The molecule has 3 N–H and O–H groups in total.